The maximum absolute atomic E-state index is 12.0. The number of carbonyl (C=O) groups excluding carboxylic acids is 1. The van der Waals surface area contributed by atoms with E-state index < -0.39 is 6.10 Å². The molecule has 0 bridgehead atoms. The van der Waals surface area contributed by atoms with Crippen molar-refractivity contribution >= 4 is 5.97 Å². The summed E-state index contributed by atoms with van der Waals surface area (Å²) in [6, 6.07) is 0. The van der Waals surface area contributed by atoms with Crippen LogP contribution in [0, 0.1) is 0 Å². The summed E-state index contributed by atoms with van der Waals surface area (Å²) in [5, 5.41) is 9.45. The zero-order valence-electron chi connectivity index (χ0n) is 25.0. The highest BCUT2D eigenvalue weighted by Crippen LogP contribution is 2.13. The van der Waals surface area contributed by atoms with Gasteiger partial charge >= 0.3 is 5.97 Å². The summed E-state index contributed by atoms with van der Waals surface area (Å²) in [5.74, 6) is -0.205. The van der Waals surface area contributed by atoms with E-state index in [4.69, 9.17) is 9.47 Å². The second kappa shape index (κ2) is 31.3. The SMILES string of the molecule is CCCCCCCC/C=C\CCCCCCCCCCCC(=O)OC(CO)COCCCCCCCC. The van der Waals surface area contributed by atoms with Gasteiger partial charge in [0.15, 0.2) is 0 Å². The largest absolute Gasteiger partial charge is 0.457 e. The van der Waals surface area contributed by atoms with Gasteiger partial charge in [0.2, 0.25) is 0 Å². The zero-order chi connectivity index (χ0) is 27.1. The van der Waals surface area contributed by atoms with E-state index in [1.165, 1.54) is 128 Å². The van der Waals surface area contributed by atoms with Gasteiger partial charge in [0.25, 0.3) is 0 Å². The standard InChI is InChI=1S/C33H64O4/c1-3-5-7-9-11-12-13-14-15-16-17-18-19-20-21-22-23-24-26-28-33(35)37-32(30-34)31-36-29-27-25-10-8-6-4-2/h14-15,32,34H,3-13,16-31H2,1-2H3/b15-14-. The zero-order valence-corrected chi connectivity index (χ0v) is 25.0. The van der Waals surface area contributed by atoms with Crippen molar-refractivity contribution in [2.45, 2.75) is 174 Å². The average Bonchev–Trinajstić information content (AvgIpc) is 2.90. The Kier molecular flexibility index (Phi) is 30.6. The molecule has 0 aliphatic heterocycles. The van der Waals surface area contributed by atoms with E-state index in [-0.39, 0.29) is 12.6 Å². The van der Waals surface area contributed by atoms with Crippen LogP contribution in [0.15, 0.2) is 12.2 Å². The Morgan fingerprint density at radius 1 is 0.622 bits per heavy atom. The summed E-state index contributed by atoms with van der Waals surface area (Å²) in [7, 11) is 0. The van der Waals surface area contributed by atoms with Crippen molar-refractivity contribution in [1.82, 2.24) is 0 Å². The minimum atomic E-state index is -0.525. The molecule has 0 aromatic heterocycles. The van der Waals surface area contributed by atoms with Crippen LogP contribution in [0.1, 0.15) is 168 Å². The predicted molar refractivity (Wildman–Crippen MR) is 159 cm³/mol. The Hall–Kier alpha value is -0.870. The molecule has 0 amide bonds. The van der Waals surface area contributed by atoms with Crippen LogP contribution in [0.5, 0.6) is 0 Å². The summed E-state index contributed by atoms with van der Waals surface area (Å²) in [6.07, 6.45) is 33.9. The van der Waals surface area contributed by atoms with Crippen LogP contribution in [0.4, 0.5) is 0 Å². The monoisotopic (exact) mass is 524 g/mol. The first-order chi connectivity index (χ1) is 18.2. The first-order valence-electron chi connectivity index (χ1n) is 16.3. The molecule has 4 heteroatoms. The summed E-state index contributed by atoms with van der Waals surface area (Å²) in [4.78, 5) is 12.0. The van der Waals surface area contributed by atoms with Crippen molar-refractivity contribution in [3.05, 3.63) is 12.2 Å². The van der Waals surface area contributed by atoms with Gasteiger partial charge in [0, 0.05) is 13.0 Å². The van der Waals surface area contributed by atoms with Crippen molar-refractivity contribution in [3.8, 4) is 0 Å². The molecule has 0 fully saturated rings. The predicted octanol–water partition coefficient (Wildman–Crippen LogP) is 9.87. The molecule has 4 nitrogen and oxygen atoms in total. The third kappa shape index (κ3) is 29.5. The quantitative estimate of drug-likeness (QED) is 0.0577. The first kappa shape index (κ1) is 36.1. The molecule has 0 aromatic carbocycles. The number of hydrogen-bond acceptors (Lipinski definition) is 4. The molecule has 220 valence electrons. The smallest absolute Gasteiger partial charge is 0.306 e. The number of aliphatic hydroxyl groups is 1. The fourth-order valence-corrected chi connectivity index (χ4v) is 4.62. The minimum Gasteiger partial charge on any atom is -0.457 e. The lowest BCUT2D eigenvalue weighted by molar-refractivity contribution is -0.154. The summed E-state index contributed by atoms with van der Waals surface area (Å²) < 4.78 is 11.0. The fraction of sp³-hybridized carbons (Fsp3) is 0.909. The van der Waals surface area contributed by atoms with Crippen LogP contribution < -0.4 is 0 Å². The molecular weight excluding hydrogens is 460 g/mol. The van der Waals surface area contributed by atoms with E-state index in [1.807, 2.05) is 0 Å². The van der Waals surface area contributed by atoms with Crippen LogP contribution in [0.3, 0.4) is 0 Å². The summed E-state index contributed by atoms with van der Waals surface area (Å²) >= 11 is 0. The lowest BCUT2D eigenvalue weighted by atomic mass is 10.1. The number of allylic oxidation sites excluding steroid dienone is 2. The molecule has 0 rings (SSSR count). The highest BCUT2D eigenvalue weighted by Gasteiger charge is 2.13. The topological polar surface area (TPSA) is 55.8 Å². The molecule has 0 aromatic rings. The molecule has 0 aliphatic rings. The van der Waals surface area contributed by atoms with Crippen LogP contribution in [0.2, 0.25) is 0 Å². The van der Waals surface area contributed by atoms with Crippen molar-refractivity contribution < 1.29 is 19.4 Å². The number of aliphatic hydroxyl groups excluding tert-OH is 1. The highest BCUT2D eigenvalue weighted by molar-refractivity contribution is 5.69. The molecular formula is C33H64O4. The van der Waals surface area contributed by atoms with Gasteiger partial charge in [0.05, 0.1) is 13.2 Å². The molecule has 1 N–H and O–H groups in total. The van der Waals surface area contributed by atoms with Gasteiger partial charge in [-0.3, -0.25) is 4.79 Å². The molecule has 0 radical (unpaired) electrons. The Labute approximate surface area is 231 Å². The van der Waals surface area contributed by atoms with Crippen molar-refractivity contribution in [3.63, 3.8) is 0 Å². The Morgan fingerprint density at radius 3 is 1.54 bits per heavy atom. The van der Waals surface area contributed by atoms with E-state index in [9.17, 15) is 9.90 Å². The number of unbranched alkanes of at least 4 members (excludes halogenated alkanes) is 20. The number of rotatable bonds is 30. The lowest BCUT2D eigenvalue weighted by Crippen LogP contribution is -2.27. The van der Waals surface area contributed by atoms with Crippen molar-refractivity contribution in [1.29, 1.82) is 0 Å². The minimum absolute atomic E-state index is 0.169. The molecule has 1 atom stereocenters. The summed E-state index contributed by atoms with van der Waals surface area (Å²) in [5.41, 5.74) is 0. The van der Waals surface area contributed by atoms with Gasteiger partial charge in [0.1, 0.15) is 6.10 Å². The third-order valence-electron chi connectivity index (χ3n) is 7.09. The van der Waals surface area contributed by atoms with Gasteiger partial charge in [-0.2, -0.15) is 0 Å². The Morgan fingerprint density at radius 2 is 1.05 bits per heavy atom. The maximum atomic E-state index is 12.0. The Balaban J connectivity index is 3.39. The van der Waals surface area contributed by atoms with Crippen LogP contribution >= 0.6 is 0 Å². The number of ether oxygens (including phenoxy) is 2. The molecule has 0 spiro atoms. The van der Waals surface area contributed by atoms with E-state index in [2.05, 4.69) is 26.0 Å². The molecule has 0 saturated heterocycles. The molecule has 0 aliphatic carbocycles. The van der Waals surface area contributed by atoms with Gasteiger partial charge < -0.3 is 14.6 Å². The second-order valence-corrected chi connectivity index (χ2v) is 10.9. The van der Waals surface area contributed by atoms with Crippen LogP contribution in [-0.4, -0.2) is 37.0 Å². The van der Waals surface area contributed by atoms with Gasteiger partial charge in [-0.05, 0) is 38.5 Å². The van der Waals surface area contributed by atoms with Crippen molar-refractivity contribution in [2.75, 3.05) is 19.8 Å². The second-order valence-electron chi connectivity index (χ2n) is 10.9. The average molecular weight is 525 g/mol. The van der Waals surface area contributed by atoms with E-state index in [0.717, 1.165) is 19.3 Å². The van der Waals surface area contributed by atoms with Crippen LogP contribution in [0.25, 0.3) is 0 Å². The van der Waals surface area contributed by atoms with E-state index >= 15 is 0 Å². The van der Waals surface area contributed by atoms with Crippen LogP contribution in [-0.2, 0) is 14.3 Å². The molecule has 0 heterocycles. The molecule has 1 unspecified atom stereocenters. The highest BCUT2D eigenvalue weighted by atomic mass is 16.6. The maximum Gasteiger partial charge on any atom is 0.306 e. The van der Waals surface area contributed by atoms with Gasteiger partial charge in [-0.25, -0.2) is 0 Å². The fourth-order valence-electron chi connectivity index (χ4n) is 4.62. The van der Waals surface area contributed by atoms with E-state index in [1.54, 1.807) is 0 Å². The molecule has 0 saturated carbocycles. The van der Waals surface area contributed by atoms with Crippen molar-refractivity contribution in [2.24, 2.45) is 0 Å². The first-order valence-corrected chi connectivity index (χ1v) is 16.3. The van der Waals surface area contributed by atoms with Gasteiger partial charge in [-0.1, -0.05) is 135 Å². The number of carbonyl (C=O) groups is 1. The molecule has 37 heavy (non-hydrogen) atoms. The third-order valence-corrected chi connectivity index (χ3v) is 7.09. The Bertz CT molecular complexity index is 477. The summed E-state index contributed by atoms with van der Waals surface area (Å²) in [6.45, 7) is 5.30. The number of hydrogen-bond donors (Lipinski definition) is 1. The number of esters is 1. The van der Waals surface area contributed by atoms with Gasteiger partial charge in [-0.15, -0.1) is 0 Å². The van der Waals surface area contributed by atoms with E-state index in [0.29, 0.717) is 19.6 Å². The lowest BCUT2D eigenvalue weighted by Gasteiger charge is -2.15. The normalized spacial score (nSPS) is 12.4.